The molecule has 0 spiro atoms. The molecular formula is C20H19NO2. The standard InChI is InChI=1S/C20H19NO2/c21-19(15-11-13-18(22)14-12-15)20(23,16-7-3-1-4-8-16)17-9-5-2-6-10-17/h1-14,19,22-23H,21H2/t19-/m1/s1. The van der Waals surface area contributed by atoms with E-state index >= 15 is 0 Å². The van der Waals surface area contributed by atoms with E-state index in [2.05, 4.69) is 0 Å². The number of nitrogens with two attached hydrogens (primary N) is 1. The molecule has 0 heterocycles. The first kappa shape index (κ1) is 15.3. The van der Waals surface area contributed by atoms with Crippen molar-refractivity contribution in [2.24, 2.45) is 5.73 Å². The van der Waals surface area contributed by atoms with Crippen LogP contribution in [0.15, 0.2) is 84.9 Å². The van der Waals surface area contributed by atoms with Gasteiger partial charge >= 0.3 is 0 Å². The Hall–Kier alpha value is -2.62. The van der Waals surface area contributed by atoms with E-state index in [1.807, 2.05) is 60.7 Å². The van der Waals surface area contributed by atoms with Crippen LogP contribution in [0.1, 0.15) is 22.7 Å². The van der Waals surface area contributed by atoms with E-state index in [0.29, 0.717) is 0 Å². The average molecular weight is 305 g/mol. The minimum atomic E-state index is -1.36. The van der Waals surface area contributed by atoms with E-state index in [0.717, 1.165) is 16.7 Å². The lowest BCUT2D eigenvalue weighted by Crippen LogP contribution is -2.39. The monoisotopic (exact) mass is 305 g/mol. The molecule has 0 unspecified atom stereocenters. The highest BCUT2D eigenvalue weighted by atomic mass is 16.3. The number of hydrogen-bond donors (Lipinski definition) is 3. The molecule has 23 heavy (non-hydrogen) atoms. The summed E-state index contributed by atoms with van der Waals surface area (Å²) < 4.78 is 0. The zero-order valence-corrected chi connectivity index (χ0v) is 12.6. The predicted octanol–water partition coefficient (Wildman–Crippen LogP) is 3.33. The molecule has 1 atom stereocenters. The highest BCUT2D eigenvalue weighted by Gasteiger charge is 2.38. The maximum absolute atomic E-state index is 11.6. The summed E-state index contributed by atoms with van der Waals surface area (Å²) in [6.45, 7) is 0. The maximum atomic E-state index is 11.6. The molecule has 116 valence electrons. The van der Waals surface area contributed by atoms with Gasteiger partial charge in [-0.15, -0.1) is 0 Å². The van der Waals surface area contributed by atoms with Crippen molar-refractivity contribution in [1.82, 2.24) is 0 Å². The first-order chi connectivity index (χ1) is 11.1. The van der Waals surface area contributed by atoms with E-state index in [1.165, 1.54) is 0 Å². The Kier molecular flexibility index (Phi) is 4.15. The molecule has 4 N–H and O–H groups in total. The Balaban J connectivity index is 2.14. The second-order valence-electron chi connectivity index (χ2n) is 5.57. The van der Waals surface area contributed by atoms with Crippen molar-refractivity contribution in [3.63, 3.8) is 0 Å². The quantitative estimate of drug-likeness (QED) is 0.692. The van der Waals surface area contributed by atoms with Crippen molar-refractivity contribution in [1.29, 1.82) is 0 Å². The summed E-state index contributed by atoms with van der Waals surface area (Å²) in [6, 6.07) is 24.8. The second kappa shape index (κ2) is 6.24. The molecule has 0 bridgehead atoms. The van der Waals surface area contributed by atoms with E-state index in [1.54, 1.807) is 24.3 Å². The zero-order valence-electron chi connectivity index (χ0n) is 12.6. The normalized spacial score (nSPS) is 12.8. The number of hydrogen-bond acceptors (Lipinski definition) is 3. The smallest absolute Gasteiger partial charge is 0.134 e. The number of phenols is 1. The van der Waals surface area contributed by atoms with Gasteiger partial charge < -0.3 is 15.9 Å². The summed E-state index contributed by atoms with van der Waals surface area (Å²) in [5.74, 6) is 0.170. The third kappa shape index (κ3) is 2.84. The third-order valence-corrected chi connectivity index (χ3v) is 4.13. The van der Waals surface area contributed by atoms with Crippen molar-refractivity contribution in [2.75, 3.05) is 0 Å². The highest BCUT2D eigenvalue weighted by molar-refractivity contribution is 5.41. The fourth-order valence-corrected chi connectivity index (χ4v) is 2.83. The summed E-state index contributed by atoms with van der Waals surface area (Å²) >= 11 is 0. The van der Waals surface area contributed by atoms with Crippen LogP contribution in [0.2, 0.25) is 0 Å². The van der Waals surface area contributed by atoms with Crippen LogP contribution < -0.4 is 5.73 Å². The minimum Gasteiger partial charge on any atom is -0.508 e. The summed E-state index contributed by atoms with van der Waals surface area (Å²) in [5, 5.41) is 21.0. The fraction of sp³-hybridized carbons (Fsp3) is 0.100. The van der Waals surface area contributed by atoms with Gasteiger partial charge in [-0.2, -0.15) is 0 Å². The molecule has 3 heteroatoms. The van der Waals surface area contributed by atoms with Crippen molar-refractivity contribution in [3.05, 3.63) is 102 Å². The zero-order chi connectivity index (χ0) is 16.3. The van der Waals surface area contributed by atoms with Gasteiger partial charge in [0, 0.05) is 0 Å². The molecule has 0 aliphatic heterocycles. The van der Waals surface area contributed by atoms with E-state index in [-0.39, 0.29) is 5.75 Å². The lowest BCUT2D eigenvalue weighted by Gasteiger charge is -2.35. The molecule has 3 nitrogen and oxygen atoms in total. The fourth-order valence-electron chi connectivity index (χ4n) is 2.83. The van der Waals surface area contributed by atoms with Crippen LogP contribution in [0.5, 0.6) is 5.75 Å². The summed E-state index contributed by atoms with van der Waals surface area (Å²) in [5.41, 5.74) is 7.30. The van der Waals surface area contributed by atoms with Gasteiger partial charge in [-0.05, 0) is 28.8 Å². The van der Waals surface area contributed by atoms with Gasteiger partial charge in [0.25, 0.3) is 0 Å². The van der Waals surface area contributed by atoms with Gasteiger partial charge in [0.2, 0.25) is 0 Å². The average Bonchev–Trinajstić information content (AvgIpc) is 2.62. The van der Waals surface area contributed by atoms with Crippen LogP contribution in [0, 0.1) is 0 Å². The molecule has 0 amide bonds. The first-order valence-electron chi connectivity index (χ1n) is 7.50. The molecule has 0 radical (unpaired) electrons. The van der Waals surface area contributed by atoms with Gasteiger partial charge in [-0.1, -0.05) is 72.8 Å². The van der Waals surface area contributed by atoms with Gasteiger partial charge in [0.1, 0.15) is 11.4 Å². The Labute approximate surface area is 135 Å². The molecule has 0 fully saturated rings. The number of aromatic hydroxyl groups is 1. The first-order valence-corrected chi connectivity index (χ1v) is 7.50. The van der Waals surface area contributed by atoms with Gasteiger partial charge in [-0.25, -0.2) is 0 Å². The van der Waals surface area contributed by atoms with Crippen LogP contribution in [0.25, 0.3) is 0 Å². The van der Waals surface area contributed by atoms with Crippen LogP contribution in [0.3, 0.4) is 0 Å². The van der Waals surface area contributed by atoms with Crippen LogP contribution in [0.4, 0.5) is 0 Å². The van der Waals surface area contributed by atoms with Crippen LogP contribution >= 0.6 is 0 Å². The summed E-state index contributed by atoms with van der Waals surface area (Å²) in [6.07, 6.45) is 0. The van der Waals surface area contributed by atoms with E-state index in [9.17, 15) is 10.2 Å². The lowest BCUT2D eigenvalue weighted by molar-refractivity contribution is 0.0512. The maximum Gasteiger partial charge on any atom is 0.134 e. The van der Waals surface area contributed by atoms with Gasteiger partial charge in [-0.3, -0.25) is 0 Å². The van der Waals surface area contributed by atoms with E-state index in [4.69, 9.17) is 5.73 Å². The topological polar surface area (TPSA) is 66.5 Å². The molecule has 0 aromatic heterocycles. The number of rotatable bonds is 4. The molecular weight excluding hydrogens is 286 g/mol. The molecule has 3 rings (SSSR count). The number of aliphatic hydroxyl groups is 1. The minimum absolute atomic E-state index is 0.170. The van der Waals surface area contributed by atoms with E-state index < -0.39 is 11.6 Å². The molecule has 0 aliphatic rings. The molecule has 0 saturated heterocycles. The summed E-state index contributed by atoms with van der Waals surface area (Å²) in [4.78, 5) is 0. The summed E-state index contributed by atoms with van der Waals surface area (Å²) in [7, 11) is 0. The van der Waals surface area contributed by atoms with Crippen LogP contribution in [-0.4, -0.2) is 10.2 Å². The highest BCUT2D eigenvalue weighted by Crippen LogP contribution is 2.39. The Morgan fingerprint density at radius 3 is 1.57 bits per heavy atom. The SMILES string of the molecule is N[C@H](c1ccc(O)cc1)C(O)(c1ccccc1)c1ccccc1. The Morgan fingerprint density at radius 1 is 0.696 bits per heavy atom. The van der Waals surface area contributed by atoms with Crippen molar-refractivity contribution >= 4 is 0 Å². The number of benzene rings is 3. The number of phenolic OH excluding ortho intramolecular Hbond substituents is 1. The van der Waals surface area contributed by atoms with Crippen LogP contribution in [-0.2, 0) is 5.60 Å². The van der Waals surface area contributed by atoms with Crippen molar-refractivity contribution < 1.29 is 10.2 Å². The van der Waals surface area contributed by atoms with Crippen molar-refractivity contribution in [3.8, 4) is 5.75 Å². The van der Waals surface area contributed by atoms with Gasteiger partial charge in [0.15, 0.2) is 0 Å². The van der Waals surface area contributed by atoms with Crippen molar-refractivity contribution in [2.45, 2.75) is 11.6 Å². The largest absolute Gasteiger partial charge is 0.508 e. The molecule has 0 aliphatic carbocycles. The molecule has 3 aromatic carbocycles. The Bertz CT molecular complexity index is 715. The lowest BCUT2D eigenvalue weighted by atomic mass is 9.78. The third-order valence-electron chi connectivity index (χ3n) is 4.13. The molecule has 0 saturated carbocycles. The predicted molar refractivity (Wildman–Crippen MR) is 90.9 cm³/mol. The second-order valence-corrected chi connectivity index (χ2v) is 5.57. The van der Waals surface area contributed by atoms with Gasteiger partial charge in [0.05, 0.1) is 6.04 Å². The molecule has 3 aromatic rings. The Morgan fingerprint density at radius 2 is 1.13 bits per heavy atom.